The molecule has 0 spiro atoms. The van der Waals surface area contributed by atoms with Crippen molar-refractivity contribution in [1.29, 1.82) is 0 Å². The lowest BCUT2D eigenvalue weighted by Gasteiger charge is -2.20. The maximum Gasteiger partial charge on any atom is 0.472 e. The summed E-state index contributed by atoms with van der Waals surface area (Å²) in [5.74, 6) is -0.369. The predicted octanol–water partition coefficient (Wildman–Crippen LogP) is 9.79. The van der Waals surface area contributed by atoms with Gasteiger partial charge in [-0.2, -0.15) is 0 Å². The van der Waals surface area contributed by atoms with Crippen molar-refractivity contribution in [1.82, 2.24) is 0 Å². The molecule has 0 aliphatic rings. The van der Waals surface area contributed by atoms with Gasteiger partial charge < -0.3 is 20.1 Å². The largest absolute Gasteiger partial charge is 0.472 e. The van der Waals surface area contributed by atoms with Gasteiger partial charge in [-0.25, -0.2) is 4.57 Å². The fourth-order valence-electron chi connectivity index (χ4n) is 4.03. The summed E-state index contributed by atoms with van der Waals surface area (Å²) in [4.78, 5) is 22.0. The Hall–Kier alpha value is -2.32. The molecular formula is C38H64NO7P. The van der Waals surface area contributed by atoms with Gasteiger partial charge in [-0.1, -0.05) is 118 Å². The Balaban J connectivity index is 4.03. The number of carbonyl (C=O) groups excluding carboxylic acids is 1. The number of esters is 1. The molecule has 0 aromatic rings. The van der Waals surface area contributed by atoms with Crippen molar-refractivity contribution in [3.8, 4) is 0 Å². The molecule has 0 bridgehead atoms. The third kappa shape index (κ3) is 34.8. The van der Waals surface area contributed by atoms with Crippen LogP contribution in [0.4, 0.5) is 0 Å². The zero-order chi connectivity index (χ0) is 34.5. The Morgan fingerprint density at radius 3 is 1.70 bits per heavy atom. The van der Waals surface area contributed by atoms with Gasteiger partial charge in [-0.3, -0.25) is 13.8 Å². The third-order valence-electron chi connectivity index (χ3n) is 6.58. The van der Waals surface area contributed by atoms with Crippen LogP contribution in [-0.4, -0.2) is 49.9 Å². The van der Waals surface area contributed by atoms with Crippen LogP contribution in [0.3, 0.4) is 0 Å². The van der Waals surface area contributed by atoms with E-state index >= 15 is 0 Å². The van der Waals surface area contributed by atoms with Crippen LogP contribution in [0.15, 0.2) is 85.1 Å². The number of nitrogens with two attached hydrogens (primary N) is 1. The second-order valence-corrected chi connectivity index (χ2v) is 12.5. The minimum atomic E-state index is -4.27. The van der Waals surface area contributed by atoms with Crippen molar-refractivity contribution in [2.45, 2.75) is 116 Å². The monoisotopic (exact) mass is 677 g/mol. The number of rotatable bonds is 32. The maximum absolute atomic E-state index is 12.2. The fourth-order valence-corrected chi connectivity index (χ4v) is 4.80. The van der Waals surface area contributed by atoms with Gasteiger partial charge in [0.25, 0.3) is 0 Å². The SMILES string of the molecule is CC/C=C\C/C=C\C/C=C\C/C=C\C/C=C\C/C=C\C/C=C\CCCCOCC(COP(=O)(O)OCCN)OC(=O)CCCCCC. The van der Waals surface area contributed by atoms with E-state index in [-0.39, 0.29) is 32.3 Å². The molecule has 0 aliphatic heterocycles. The molecule has 9 heteroatoms. The molecule has 0 aromatic carbocycles. The normalized spacial score (nSPS) is 14.7. The summed E-state index contributed by atoms with van der Waals surface area (Å²) in [6, 6.07) is 0. The zero-order valence-corrected chi connectivity index (χ0v) is 30.1. The van der Waals surface area contributed by atoms with Crippen molar-refractivity contribution in [2.24, 2.45) is 5.73 Å². The van der Waals surface area contributed by atoms with Crippen LogP contribution in [0, 0.1) is 0 Å². The second kappa shape index (κ2) is 35.0. The van der Waals surface area contributed by atoms with Gasteiger partial charge >= 0.3 is 13.8 Å². The average Bonchev–Trinajstić information content (AvgIpc) is 3.06. The van der Waals surface area contributed by atoms with Gasteiger partial charge in [0.2, 0.25) is 0 Å². The number of hydrogen-bond donors (Lipinski definition) is 2. The fraction of sp³-hybridized carbons (Fsp3) is 0.605. The van der Waals surface area contributed by atoms with Crippen LogP contribution in [-0.2, 0) is 27.9 Å². The quantitative estimate of drug-likeness (QED) is 0.0313. The van der Waals surface area contributed by atoms with Gasteiger partial charge in [-0.15, -0.1) is 0 Å². The third-order valence-corrected chi connectivity index (χ3v) is 7.56. The Kier molecular flexibility index (Phi) is 33.3. The number of hydrogen-bond acceptors (Lipinski definition) is 7. The first-order chi connectivity index (χ1) is 22.9. The molecule has 0 aliphatic carbocycles. The van der Waals surface area contributed by atoms with Crippen molar-refractivity contribution in [3.63, 3.8) is 0 Å². The van der Waals surface area contributed by atoms with Gasteiger partial charge in [-0.05, 0) is 70.6 Å². The predicted molar refractivity (Wildman–Crippen MR) is 196 cm³/mol. The summed E-state index contributed by atoms with van der Waals surface area (Å²) in [6.45, 7) is 4.51. The van der Waals surface area contributed by atoms with E-state index in [0.29, 0.717) is 13.0 Å². The van der Waals surface area contributed by atoms with Crippen LogP contribution in [0.2, 0.25) is 0 Å². The minimum Gasteiger partial charge on any atom is -0.457 e. The minimum absolute atomic E-state index is 0.0795. The van der Waals surface area contributed by atoms with Crippen LogP contribution in [0.1, 0.15) is 110 Å². The molecule has 0 rings (SSSR count). The first kappa shape index (κ1) is 44.7. The highest BCUT2D eigenvalue weighted by Crippen LogP contribution is 2.43. The molecule has 2 unspecified atom stereocenters. The lowest BCUT2D eigenvalue weighted by Crippen LogP contribution is -2.28. The van der Waals surface area contributed by atoms with Crippen LogP contribution in [0.5, 0.6) is 0 Å². The Morgan fingerprint density at radius 1 is 0.660 bits per heavy atom. The zero-order valence-electron chi connectivity index (χ0n) is 29.2. The molecule has 3 N–H and O–H groups in total. The first-order valence-corrected chi connectivity index (χ1v) is 19.1. The highest BCUT2D eigenvalue weighted by molar-refractivity contribution is 7.47. The number of unbranched alkanes of at least 4 members (excludes halogenated alkanes) is 5. The van der Waals surface area contributed by atoms with Crippen LogP contribution >= 0.6 is 7.82 Å². The van der Waals surface area contributed by atoms with E-state index in [1.165, 1.54) is 0 Å². The van der Waals surface area contributed by atoms with Crippen molar-refractivity contribution >= 4 is 13.8 Å². The molecule has 0 heterocycles. The van der Waals surface area contributed by atoms with Gasteiger partial charge in [0.15, 0.2) is 0 Å². The van der Waals surface area contributed by atoms with E-state index in [9.17, 15) is 14.3 Å². The molecule has 8 nitrogen and oxygen atoms in total. The number of phosphoric ester groups is 1. The first-order valence-electron chi connectivity index (χ1n) is 17.6. The molecule has 0 amide bonds. The number of phosphoric acid groups is 1. The Labute approximate surface area is 286 Å². The molecule has 0 saturated heterocycles. The van der Waals surface area contributed by atoms with Gasteiger partial charge in [0.1, 0.15) is 6.10 Å². The Morgan fingerprint density at radius 2 is 1.19 bits per heavy atom. The molecule has 0 fully saturated rings. The lowest BCUT2D eigenvalue weighted by molar-refractivity contribution is -0.154. The van der Waals surface area contributed by atoms with E-state index in [1.54, 1.807) is 0 Å². The number of carbonyl (C=O) groups is 1. The molecule has 268 valence electrons. The van der Waals surface area contributed by atoms with Crippen molar-refractivity contribution < 1.29 is 32.8 Å². The Bertz CT molecular complexity index is 985. The van der Waals surface area contributed by atoms with Crippen molar-refractivity contribution in [2.75, 3.05) is 33.0 Å². The number of ether oxygens (including phenoxy) is 2. The summed E-state index contributed by atoms with van der Waals surface area (Å²) < 4.78 is 32.9. The van der Waals surface area contributed by atoms with Crippen LogP contribution in [0.25, 0.3) is 0 Å². The standard InChI is InChI=1S/C38H64NO7P/c1-3-5-7-9-10-11-12-13-14-15-16-17-18-19-20-21-22-23-24-25-26-27-28-30-33-43-35-37(36-45-47(41,42)44-34-32-39)46-38(40)31-29-8-6-4-2/h5,7,10-11,13-14,16-17,19-20,22-23,25-26,37H,3-4,6,8-9,12,15,18,21,24,27-36,39H2,1-2H3,(H,41,42)/b7-5-,11-10-,14-13-,17-16-,20-19-,23-22-,26-25-. The van der Waals surface area contributed by atoms with E-state index in [0.717, 1.165) is 89.9 Å². The lowest BCUT2D eigenvalue weighted by atomic mass is 10.1. The molecule has 47 heavy (non-hydrogen) atoms. The summed E-state index contributed by atoms with van der Waals surface area (Å²) in [6.07, 6.45) is 43.8. The highest BCUT2D eigenvalue weighted by Gasteiger charge is 2.25. The molecule has 0 aromatic heterocycles. The molecule has 2 atom stereocenters. The van der Waals surface area contributed by atoms with E-state index in [4.69, 9.17) is 24.3 Å². The topological polar surface area (TPSA) is 117 Å². The number of allylic oxidation sites excluding steroid dienone is 14. The average molecular weight is 678 g/mol. The molecule has 0 radical (unpaired) electrons. The maximum atomic E-state index is 12.2. The second-order valence-electron chi connectivity index (χ2n) is 11.0. The van der Waals surface area contributed by atoms with Gasteiger partial charge in [0.05, 0.1) is 19.8 Å². The molecule has 0 saturated carbocycles. The van der Waals surface area contributed by atoms with Crippen molar-refractivity contribution in [3.05, 3.63) is 85.1 Å². The summed E-state index contributed by atoms with van der Waals surface area (Å²) in [5, 5.41) is 0. The summed E-state index contributed by atoms with van der Waals surface area (Å²) >= 11 is 0. The summed E-state index contributed by atoms with van der Waals surface area (Å²) in [7, 11) is -4.27. The highest BCUT2D eigenvalue weighted by atomic mass is 31.2. The van der Waals surface area contributed by atoms with E-state index in [2.05, 4.69) is 98.9 Å². The van der Waals surface area contributed by atoms with Gasteiger partial charge in [0, 0.05) is 19.6 Å². The smallest absolute Gasteiger partial charge is 0.457 e. The summed E-state index contributed by atoms with van der Waals surface area (Å²) in [5.41, 5.74) is 5.31. The van der Waals surface area contributed by atoms with E-state index in [1.807, 2.05) is 0 Å². The van der Waals surface area contributed by atoms with E-state index < -0.39 is 13.9 Å². The van der Waals surface area contributed by atoms with Crippen LogP contribution < -0.4 is 5.73 Å². The molecular weight excluding hydrogens is 613 g/mol.